The zero-order valence-corrected chi connectivity index (χ0v) is 20.0. The first-order chi connectivity index (χ1) is 15.8. The largest absolute Gasteiger partial charge is 0.481 e. The average Bonchev–Trinajstić information content (AvgIpc) is 2.72. The van der Waals surface area contributed by atoms with Gasteiger partial charge >= 0.3 is 11.9 Å². The minimum atomic E-state index is -1.46. The smallest absolute Gasteiger partial charge is 0.326 e. The summed E-state index contributed by atoms with van der Waals surface area (Å²) in [4.78, 5) is 60.0. The zero-order valence-electron chi connectivity index (χ0n) is 20.0. The molecule has 0 aliphatic carbocycles. The van der Waals surface area contributed by atoms with Gasteiger partial charge in [-0.3, -0.25) is 19.2 Å². The highest BCUT2D eigenvalue weighted by molar-refractivity contribution is 5.94. The molecule has 0 radical (unpaired) electrons. The van der Waals surface area contributed by atoms with E-state index in [1.54, 1.807) is 13.8 Å². The SMILES string of the molecule is CC(C)CC(NC(=O)C(NC(=O)C(N)CCCCN)C(C)O)C(=O)NC(CCC(=O)O)C(=O)O. The number of amides is 3. The van der Waals surface area contributed by atoms with Gasteiger partial charge in [0.15, 0.2) is 0 Å². The highest BCUT2D eigenvalue weighted by Gasteiger charge is 2.32. The van der Waals surface area contributed by atoms with Crippen LogP contribution >= 0.6 is 0 Å². The third kappa shape index (κ3) is 12.5. The fraction of sp³-hybridized carbons (Fsp3) is 0.762. The fourth-order valence-electron chi connectivity index (χ4n) is 3.07. The number of carbonyl (C=O) groups excluding carboxylic acids is 3. The number of rotatable bonds is 17. The highest BCUT2D eigenvalue weighted by atomic mass is 16.4. The molecule has 13 heteroatoms. The first-order valence-corrected chi connectivity index (χ1v) is 11.3. The van der Waals surface area contributed by atoms with Gasteiger partial charge in [-0.15, -0.1) is 0 Å². The van der Waals surface area contributed by atoms with Crippen molar-refractivity contribution < 1.29 is 39.3 Å². The number of aliphatic hydroxyl groups excluding tert-OH is 1. The molecule has 3 amide bonds. The second-order valence-electron chi connectivity index (χ2n) is 8.64. The van der Waals surface area contributed by atoms with Gasteiger partial charge in [-0.1, -0.05) is 20.3 Å². The molecule has 0 aliphatic heterocycles. The van der Waals surface area contributed by atoms with E-state index >= 15 is 0 Å². The molecular formula is C21H39N5O8. The van der Waals surface area contributed by atoms with Crippen LogP contribution in [0.1, 0.15) is 59.3 Å². The van der Waals surface area contributed by atoms with Crippen molar-refractivity contribution in [2.75, 3.05) is 6.54 Å². The molecule has 10 N–H and O–H groups in total. The monoisotopic (exact) mass is 489 g/mol. The van der Waals surface area contributed by atoms with Crippen LogP contribution in [0.4, 0.5) is 0 Å². The zero-order chi connectivity index (χ0) is 26.4. The Hall–Kier alpha value is -2.77. The summed E-state index contributed by atoms with van der Waals surface area (Å²) in [5.41, 5.74) is 11.2. The average molecular weight is 490 g/mol. The maximum absolute atomic E-state index is 12.8. The van der Waals surface area contributed by atoms with Crippen LogP contribution in [0.25, 0.3) is 0 Å². The van der Waals surface area contributed by atoms with E-state index in [9.17, 15) is 34.2 Å². The molecule has 196 valence electrons. The van der Waals surface area contributed by atoms with Crippen molar-refractivity contribution in [3.05, 3.63) is 0 Å². The van der Waals surface area contributed by atoms with Gasteiger partial charge in [-0.25, -0.2) is 4.79 Å². The van der Waals surface area contributed by atoms with E-state index < -0.39 is 66.4 Å². The van der Waals surface area contributed by atoms with Crippen molar-refractivity contribution in [3.8, 4) is 0 Å². The van der Waals surface area contributed by atoms with Gasteiger partial charge < -0.3 is 42.7 Å². The summed E-state index contributed by atoms with van der Waals surface area (Å²) in [7, 11) is 0. The third-order valence-electron chi connectivity index (χ3n) is 4.97. The number of carboxylic acid groups (broad SMARTS) is 2. The van der Waals surface area contributed by atoms with Crippen LogP contribution in [0.3, 0.4) is 0 Å². The van der Waals surface area contributed by atoms with Gasteiger partial charge in [0.25, 0.3) is 0 Å². The highest BCUT2D eigenvalue weighted by Crippen LogP contribution is 2.08. The molecule has 0 rings (SSSR count). The molecular weight excluding hydrogens is 450 g/mol. The van der Waals surface area contributed by atoms with Crippen molar-refractivity contribution in [2.24, 2.45) is 17.4 Å². The van der Waals surface area contributed by atoms with Crippen molar-refractivity contribution in [2.45, 2.75) is 89.6 Å². The third-order valence-corrected chi connectivity index (χ3v) is 4.97. The summed E-state index contributed by atoms with van der Waals surface area (Å²) in [5, 5.41) is 35.2. The predicted molar refractivity (Wildman–Crippen MR) is 122 cm³/mol. The molecule has 5 unspecified atom stereocenters. The number of aliphatic carboxylic acids is 2. The minimum Gasteiger partial charge on any atom is -0.481 e. The molecule has 34 heavy (non-hydrogen) atoms. The Morgan fingerprint density at radius 3 is 1.88 bits per heavy atom. The molecule has 0 aromatic rings. The number of aliphatic hydroxyl groups is 1. The number of nitrogens with one attached hydrogen (secondary N) is 3. The van der Waals surface area contributed by atoms with E-state index in [1.807, 2.05) is 0 Å². The number of hydrogen-bond donors (Lipinski definition) is 8. The molecule has 0 saturated heterocycles. The summed E-state index contributed by atoms with van der Waals surface area (Å²) < 4.78 is 0. The van der Waals surface area contributed by atoms with E-state index in [0.29, 0.717) is 25.8 Å². The van der Waals surface area contributed by atoms with Crippen molar-refractivity contribution >= 4 is 29.7 Å². The van der Waals surface area contributed by atoms with Crippen molar-refractivity contribution in [3.63, 3.8) is 0 Å². The van der Waals surface area contributed by atoms with Crippen LogP contribution < -0.4 is 27.4 Å². The molecule has 0 fully saturated rings. The van der Waals surface area contributed by atoms with Crippen LogP contribution in [0, 0.1) is 5.92 Å². The topological polar surface area (TPSA) is 234 Å². The summed E-state index contributed by atoms with van der Waals surface area (Å²) >= 11 is 0. The van der Waals surface area contributed by atoms with Crippen LogP contribution in [0.2, 0.25) is 0 Å². The Balaban J connectivity index is 5.36. The lowest BCUT2D eigenvalue weighted by Gasteiger charge is -2.27. The lowest BCUT2D eigenvalue weighted by Crippen LogP contribution is -2.60. The van der Waals surface area contributed by atoms with E-state index in [1.165, 1.54) is 6.92 Å². The van der Waals surface area contributed by atoms with Gasteiger partial charge in [0.1, 0.15) is 18.1 Å². The number of hydrogen-bond acceptors (Lipinski definition) is 8. The van der Waals surface area contributed by atoms with E-state index in [0.717, 1.165) is 0 Å². The fourth-order valence-corrected chi connectivity index (χ4v) is 3.07. The summed E-state index contributed by atoms with van der Waals surface area (Å²) in [5.74, 6) is -5.05. The van der Waals surface area contributed by atoms with Crippen molar-refractivity contribution in [1.29, 1.82) is 0 Å². The van der Waals surface area contributed by atoms with Crippen LogP contribution in [-0.2, 0) is 24.0 Å². The number of unbranched alkanes of at least 4 members (excludes halogenated alkanes) is 1. The molecule has 13 nitrogen and oxygen atoms in total. The Morgan fingerprint density at radius 2 is 1.41 bits per heavy atom. The summed E-state index contributed by atoms with van der Waals surface area (Å²) in [6, 6.07) is -4.97. The first kappa shape index (κ1) is 31.2. The van der Waals surface area contributed by atoms with Crippen LogP contribution in [0.15, 0.2) is 0 Å². The standard InChI is InChI=1S/C21H39N5O8/c1-11(2)10-15(19(31)24-14(21(33)34)7-8-16(28)29)25-20(32)17(12(3)27)26-18(30)13(23)6-4-5-9-22/h11-15,17,27H,4-10,22-23H2,1-3H3,(H,24,31)(H,25,32)(H,26,30)(H,28,29)(H,33,34). The molecule has 0 spiro atoms. The lowest BCUT2D eigenvalue weighted by atomic mass is 10.0. The van der Waals surface area contributed by atoms with Gasteiger partial charge in [0.05, 0.1) is 12.1 Å². The van der Waals surface area contributed by atoms with Gasteiger partial charge in [0.2, 0.25) is 17.7 Å². The molecule has 0 aliphatic rings. The van der Waals surface area contributed by atoms with Gasteiger partial charge in [-0.05, 0) is 45.1 Å². The molecule has 0 aromatic heterocycles. The summed E-state index contributed by atoms with van der Waals surface area (Å²) in [6.45, 7) is 5.29. The maximum atomic E-state index is 12.8. The van der Waals surface area contributed by atoms with E-state index in [2.05, 4.69) is 16.0 Å². The van der Waals surface area contributed by atoms with E-state index in [-0.39, 0.29) is 18.8 Å². The molecule has 5 atom stereocenters. The Morgan fingerprint density at radius 1 is 0.824 bits per heavy atom. The molecule has 0 heterocycles. The Bertz CT molecular complexity index is 701. The van der Waals surface area contributed by atoms with E-state index in [4.69, 9.17) is 16.6 Å². The number of carbonyl (C=O) groups is 5. The van der Waals surface area contributed by atoms with Crippen LogP contribution in [-0.4, -0.2) is 81.8 Å². The molecule has 0 aromatic carbocycles. The summed E-state index contributed by atoms with van der Waals surface area (Å²) in [6.07, 6.45) is -0.375. The minimum absolute atomic E-state index is 0.0890. The van der Waals surface area contributed by atoms with Gasteiger partial charge in [0, 0.05) is 6.42 Å². The second kappa shape index (κ2) is 16.0. The lowest BCUT2D eigenvalue weighted by molar-refractivity contribution is -0.143. The quantitative estimate of drug-likeness (QED) is 0.107. The van der Waals surface area contributed by atoms with Crippen molar-refractivity contribution in [1.82, 2.24) is 16.0 Å². The number of carboxylic acids is 2. The Kier molecular flexibility index (Phi) is 14.7. The molecule has 0 saturated carbocycles. The maximum Gasteiger partial charge on any atom is 0.326 e. The first-order valence-electron chi connectivity index (χ1n) is 11.3. The second-order valence-corrected chi connectivity index (χ2v) is 8.64. The van der Waals surface area contributed by atoms with Gasteiger partial charge in [-0.2, -0.15) is 0 Å². The van der Waals surface area contributed by atoms with Crippen LogP contribution in [0.5, 0.6) is 0 Å². The number of nitrogens with two attached hydrogens (primary N) is 2. The normalized spacial score (nSPS) is 15.5. The Labute approximate surface area is 199 Å². The predicted octanol–water partition coefficient (Wildman–Crippen LogP) is -1.73. The molecule has 0 bridgehead atoms.